The summed E-state index contributed by atoms with van der Waals surface area (Å²) >= 11 is 6.12. The third kappa shape index (κ3) is 3.44. The first-order valence-corrected chi connectivity index (χ1v) is 6.58. The molecule has 1 N–H and O–H groups in total. The van der Waals surface area contributed by atoms with Crippen molar-refractivity contribution < 1.29 is 0 Å². The van der Waals surface area contributed by atoms with Crippen LogP contribution < -0.4 is 5.56 Å². The minimum absolute atomic E-state index is 0.123. The Balaban J connectivity index is 2.39. The van der Waals surface area contributed by atoms with Crippen molar-refractivity contribution in [1.82, 2.24) is 9.97 Å². The Morgan fingerprint density at radius 1 is 1.26 bits per heavy atom. The first-order valence-electron chi connectivity index (χ1n) is 6.20. The second-order valence-electron chi connectivity index (χ2n) is 5.60. The lowest BCUT2D eigenvalue weighted by Gasteiger charge is -2.18. The molecule has 0 aliphatic heterocycles. The van der Waals surface area contributed by atoms with Gasteiger partial charge in [-0.05, 0) is 11.6 Å². The second kappa shape index (κ2) is 5.17. The smallest absolute Gasteiger partial charge is 0.251 e. The maximum Gasteiger partial charge on any atom is 0.251 e. The van der Waals surface area contributed by atoms with Crippen LogP contribution in [0.15, 0.2) is 35.1 Å². The molecule has 1 aromatic carbocycles. The van der Waals surface area contributed by atoms with E-state index in [2.05, 4.69) is 9.97 Å². The number of hydrogen-bond donors (Lipinski definition) is 1. The Labute approximate surface area is 117 Å². The minimum Gasteiger partial charge on any atom is -0.310 e. The van der Waals surface area contributed by atoms with Crippen molar-refractivity contribution in [1.29, 1.82) is 0 Å². The third-order valence-electron chi connectivity index (χ3n) is 2.87. The Bertz CT molecular complexity index is 641. The summed E-state index contributed by atoms with van der Waals surface area (Å²) in [5, 5.41) is 0.686. The maximum absolute atomic E-state index is 11.7. The van der Waals surface area contributed by atoms with Crippen LogP contribution in [0.4, 0.5) is 0 Å². The predicted molar refractivity (Wildman–Crippen MR) is 77.8 cm³/mol. The van der Waals surface area contributed by atoms with Gasteiger partial charge in [0, 0.05) is 22.9 Å². The molecule has 3 nitrogen and oxygen atoms in total. The molecule has 100 valence electrons. The van der Waals surface area contributed by atoms with Crippen LogP contribution in [0.5, 0.6) is 0 Å². The highest BCUT2D eigenvalue weighted by molar-refractivity contribution is 6.31. The van der Waals surface area contributed by atoms with Crippen molar-refractivity contribution in [3.05, 3.63) is 62.8 Å². The molecule has 0 fully saturated rings. The highest BCUT2D eigenvalue weighted by atomic mass is 35.5. The van der Waals surface area contributed by atoms with Crippen molar-refractivity contribution in [2.45, 2.75) is 32.6 Å². The van der Waals surface area contributed by atoms with Crippen LogP contribution in [0.1, 0.15) is 37.9 Å². The molecule has 0 spiro atoms. The second-order valence-corrected chi connectivity index (χ2v) is 6.00. The lowest BCUT2D eigenvalue weighted by molar-refractivity contribution is 0.561. The van der Waals surface area contributed by atoms with Crippen LogP contribution in [0.2, 0.25) is 5.02 Å². The van der Waals surface area contributed by atoms with E-state index in [4.69, 9.17) is 11.6 Å². The summed E-state index contributed by atoms with van der Waals surface area (Å²) < 4.78 is 0. The van der Waals surface area contributed by atoms with Gasteiger partial charge in [-0.2, -0.15) is 0 Å². The molecule has 4 heteroatoms. The van der Waals surface area contributed by atoms with E-state index in [-0.39, 0.29) is 11.0 Å². The average molecular weight is 277 g/mol. The molecule has 0 radical (unpaired) electrons. The molecule has 0 saturated carbocycles. The van der Waals surface area contributed by atoms with Crippen molar-refractivity contribution in [3.63, 3.8) is 0 Å². The van der Waals surface area contributed by atoms with Gasteiger partial charge in [0.1, 0.15) is 5.82 Å². The molecule has 0 aliphatic rings. The van der Waals surface area contributed by atoms with Gasteiger partial charge in [-0.1, -0.05) is 50.6 Å². The normalized spacial score (nSPS) is 11.6. The van der Waals surface area contributed by atoms with Crippen molar-refractivity contribution in [2.75, 3.05) is 0 Å². The fourth-order valence-corrected chi connectivity index (χ4v) is 2.00. The van der Waals surface area contributed by atoms with E-state index in [1.807, 2.05) is 45.0 Å². The maximum atomic E-state index is 11.7. The van der Waals surface area contributed by atoms with E-state index >= 15 is 0 Å². The number of nitrogens with zero attached hydrogens (tertiary/aromatic N) is 1. The topological polar surface area (TPSA) is 45.8 Å². The van der Waals surface area contributed by atoms with Gasteiger partial charge in [0.25, 0.3) is 5.56 Å². The Hall–Kier alpha value is -1.61. The van der Waals surface area contributed by atoms with Gasteiger partial charge in [0.05, 0.1) is 5.69 Å². The molecule has 2 aromatic rings. The lowest BCUT2D eigenvalue weighted by Crippen LogP contribution is -2.21. The summed E-state index contributed by atoms with van der Waals surface area (Å²) in [5.41, 5.74) is 1.47. The largest absolute Gasteiger partial charge is 0.310 e. The van der Waals surface area contributed by atoms with Crippen LogP contribution >= 0.6 is 11.6 Å². The number of aromatic amines is 1. The zero-order chi connectivity index (χ0) is 14.0. The summed E-state index contributed by atoms with van der Waals surface area (Å²) in [7, 11) is 0. The molecule has 1 aromatic heterocycles. The van der Waals surface area contributed by atoms with Gasteiger partial charge in [-0.3, -0.25) is 4.79 Å². The van der Waals surface area contributed by atoms with Crippen LogP contribution in [0.25, 0.3) is 0 Å². The van der Waals surface area contributed by atoms with E-state index in [0.717, 1.165) is 11.3 Å². The Morgan fingerprint density at radius 3 is 2.58 bits per heavy atom. The molecule has 0 bridgehead atoms. The van der Waals surface area contributed by atoms with E-state index in [9.17, 15) is 4.79 Å². The van der Waals surface area contributed by atoms with Gasteiger partial charge in [0.15, 0.2) is 0 Å². The fraction of sp³-hybridized carbons (Fsp3) is 0.333. The Morgan fingerprint density at radius 2 is 1.95 bits per heavy atom. The molecular formula is C15H17ClN2O. The van der Waals surface area contributed by atoms with Crippen LogP contribution in [-0.4, -0.2) is 9.97 Å². The van der Waals surface area contributed by atoms with E-state index in [1.165, 1.54) is 0 Å². The molecule has 0 atom stereocenters. The third-order valence-corrected chi connectivity index (χ3v) is 3.24. The summed E-state index contributed by atoms with van der Waals surface area (Å²) in [6.07, 6.45) is 0.527. The van der Waals surface area contributed by atoms with E-state index < -0.39 is 0 Å². The zero-order valence-corrected chi connectivity index (χ0v) is 12.1. The molecule has 0 unspecified atom stereocenters. The number of benzene rings is 1. The number of halogens is 1. The van der Waals surface area contributed by atoms with Crippen molar-refractivity contribution in [2.24, 2.45) is 0 Å². The van der Waals surface area contributed by atoms with Gasteiger partial charge in [-0.25, -0.2) is 4.98 Å². The highest BCUT2D eigenvalue weighted by Gasteiger charge is 2.17. The number of rotatable bonds is 2. The van der Waals surface area contributed by atoms with Gasteiger partial charge < -0.3 is 4.98 Å². The molecule has 0 saturated heterocycles. The molecule has 19 heavy (non-hydrogen) atoms. The van der Waals surface area contributed by atoms with Crippen LogP contribution in [-0.2, 0) is 11.8 Å². The molecule has 0 amide bonds. The zero-order valence-electron chi connectivity index (χ0n) is 11.3. The first-order chi connectivity index (χ1) is 8.86. The quantitative estimate of drug-likeness (QED) is 0.915. The van der Waals surface area contributed by atoms with Gasteiger partial charge in [0.2, 0.25) is 0 Å². The predicted octanol–water partition coefficient (Wildman–Crippen LogP) is 3.31. The monoisotopic (exact) mass is 276 g/mol. The fourth-order valence-electron chi connectivity index (χ4n) is 1.80. The first kappa shape index (κ1) is 13.8. The summed E-state index contributed by atoms with van der Waals surface area (Å²) in [6, 6.07) is 9.13. The minimum atomic E-state index is -0.149. The molecule has 1 heterocycles. The number of hydrogen-bond acceptors (Lipinski definition) is 2. The molecule has 2 rings (SSSR count). The van der Waals surface area contributed by atoms with E-state index in [1.54, 1.807) is 6.07 Å². The average Bonchev–Trinajstić information content (AvgIpc) is 2.30. The van der Waals surface area contributed by atoms with Crippen LogP contribution in [0, 0.1) is 0 Å². The summed E-state index contributed by atoms with van der Waals surface area (Å²) in [6.45, 7) is 6.11. The van der Waals surface area contributed by atoms with Crippen molar-refractivity contribution in [3.8, 4) is 0 Å². The SMILES string of the molecule is CC(C)(C)c1cc(=O)[nH]c(Cc2ccccc2Cl)n1. The van der Waals surface area contributed by atoms with Gasteiger partial charge >= 0.3 is 0 Å². The number of nitrogens with one attached hydrogen (secondary N) is 1. The van der Waals surface area contributed by atoms with Crippen LogP contribution in [0.3, 0.4) is 0 Å². The summed E-state index contributed by atoms with van der Waals surface area (Å²) in [4.78, 5) is 19.0. The van der Waals surface area contributed by atoms with E-state index in [0.29, 0.717) is 17.3 Å². The number of H-pyrrole nitrogens is 1. The summed E-state index contributed by atoms with van der Waals surface area (Å²) in [5.74, 6) is 0.644. The van der Waals surface area contributed by atoms with Gasteiger partial charge in [-0.15, -0.1) is 0 Å². The lowest BCUT2D eigenvalue weighted by atomic mass is 9.92. The highest BCUT2D eigenvalue weighted by Crippen LogP contribution is 2.20. The van der Waals surface area contributed by atoms with Crippen molar-refractivity contribution >= 4 is 11.6 Å². The molecule has 0 aliphatic carbocycles. The molecular weight excluding hydrogens is 260 g/mol. The number of aromatic nitrogens is 2. The standard InChI is InChI=1S/C15H17ClN2O/c1-15(2,3)12-9-14(19)18-13(17-12)8-10-6-4-5-7-11(10)16/h4-7,9H,8H2,1-3H3,(H,17,18,19). The Kier molecular flexibility index (Phi) is 3.76.